The minimum atomic E-state index is -0.437. The van der Waals surface area contributed by atoms with Crippen LogP contribution in [-0.4, -0.2) is 53.9 Å². The number of carbonyl (C=O) groups is 1. The molecule has 0 bridgehead atoms. The minimum absolute atomic E-state index is 0.171. The third-order valence-corrected chi connectivity index (χ3v) is 4.21. The van der Waals surface area contributed by atoms with Crippen LogP contribution in [-0.2, 0) is 9.47 Å². The van der Waals surface area contributed by atoms with Crippen molar-refractivity contribution in [2.24, 2.45) is 0 Å². The van der Waals surface area contributed by atoms with E-state index in [1.165, 1.54) is 0 Å². The molecule has 1 rings (SSSR count). The lowest BCUT2D eigenvalue weighted by Crippen LogP contribution is -2.40. The second kappa shape index (κ2) is 7.55. The van der Waals surface area contributed by atoms with Gasteiger partial charge in [0.25, 0.3) is 0 Å². The number of ether oxygens (including phenoxy) is 2. The number of carbonyl (C=O) groups excluding carboxylic acids is 1. The van der Waals surface area contributed by atoms with Gasteiger partial charge in [-0.15, -0.1) is 0 Å². The molecule has 1 unspecified atom stereocenters. The van der Waals surface area contributed by atoms with E-state index in [4.69, 9.17) is 9.47 Å². The van der Waals surface area contributed by atoms with Crippen molar-refractivity contribution in [3.05, 3.63) is 0 Å². The molecule has 0 spiro atoms. The maximum absolute atomic E-state index is 12.1. The van der Waals surface area contributed by atoms with Crippen molar-refractivity contribution in [3.63, 3.8) is 0 Å². The maximum atomic E-state index is 12.1. The van der Waals surface area contributed by atoms with E-state index in [2.05, 4.69) is 13.2 Å². The Labute approximate surface area is 127 Å². The predicted octanol–water partition coefficient (Wildman–Crippen LogP) is 3.55. The molecule has 1 fully saturated rings. The fourth-order valence-corrected chi connectivity index (χ4v) is 2.73. The predicted molar refractivity (Wildman–Crippen MR) is 84.4 cm³/mol. The monoisotopic (exact) mass is 303 g/mol. The molecule has 1 saturated heterocycles. The van der Waals surface area contributed by atoms with Crippen molar-refractivity contribution in [1.82, 2.24) is 4.90 Å². The van der Waals surface area contributed by atoms with Crippen LogP contribution in [0.25, 0.3) is 0 Å². The van der Waals surface area contributed by atoms with Gasteiger partial charge in [0.15, 0.2) is 0 Å². The van der Waals surface area contributed by atoms with E-state index in [1.807, 2.05) is 32.5 Å². The van der Waals surface area contributed by atoms with E-state index in [0.717, 1.165) is 38.2 Å². The van der Waals surface area contributed by atoms with Crippen molar-refractivity contribution in [2.45, 2.75) is 58.2 Å². The summed E-state index contributed by atoms with van der Waals surface area (Å²) in [6, 6.07) is 0. The molecule has 0 aromatic carbocycles. The van der Waals surface area contributed by atoms with Gasteiger partial charge in [-0.1, -0.05) is 6.92 Å². The first-order chi connectivity index (χ1) is 9.32. The summed E-state index contributed by atoms with van der Waals surface area (Å²) in [5.41, 5.74) is -0.608. The maximum Gasteiger partial charge on any atom is 0.410 e. The minimum Gasteiger partial charge on any atom is -0.444 e. The van der Waals surface area contributed by atoms with Gasteiger partial charge in [-0.3, -0.25) is 0 Å². The van der Waals surface area contributed by atoms with Crippen molar-refractivity contribution in [1.29, 1.82) is 0 Å². The molecule has 0 aromatic heterocycles. The van der Waals surface area contributed by atoms with Crippen molar-refractivity contribution in [2.75, 3.05) is 31.7 Å². The Balaban J connectivity index is 2.47. The average molecular weight is 303 g/mol. The highest BCUT2D eigenvalue weighted by molar-refractivity contribution is 7.98. The normalized spacial score (nSPS) is 23.1. The topological polar surface area (TPSA) is 38.8 Å². The molecule has 5 heteroatoms. The Morgan fingerprint density at radius 2 is 2.10 bits per heavy atom. The van der Waals surface area contributed by atoms with Crippen molar-refractivity contribution < 1.29 is 14.3 Å². The van der Waals surface area contributed by atoms with Crippen LogP contribution in [0.4, 0.5) is 4.79 Å². The zero-order valence-electron chi connectivity index (χ0n) is 13.5. The van der Waals surface area contributed by atoms with Gasteiger partial charge in [0.1, 0.15) is 5.60 Å². The summed E-state index contributed by atoms with van der Waals surface area (Å²) >= 11 is 1.84. The number of amides is 1. The third-order valence-electron chi connectivity index (χ3n) is 3.51. The highest BCUT2D eigenvalue weighted by Crippen LogP contribution is 2.30. The van der Waals surface area contributed by atoms with Gasteiger partial charge in [-0.25, -0.2) is 4.79 Å². The standard InChI is InChI=1S/C15H29NO3S/c1-6-15(18-10-7-11-20-5)8-9-16(12-15)13(17)19-14(2,3)4/h6-12H2,1-5H3. The fraction of sp³-hybridized carbons (Fsp3) is 0.933. The smallest absolute Gasteiger partial charge is 0.410 e. The van der Waals surface area contributed by atoms with Gasteiger partial charge in [-0.05, 0) is 52.0 Å². The molecule has 0 aromatic rings. The van der Waals surface area contributed by atoms with Crippen LogP contribution in [0.2, 0.25) is 0 Å². The first kappa shape index (κ1) is 17.6. The number of hydrogen-bond acceptors (Lipinski definition) is 4. The molecular weight excluding hydrogens is 274 g/mol. The second-order valence-electron chi connectivity index (χ2n) is 6.38. The summed E-state index contributed by atoms with van der Waals surface area (Å²) in [6.45, 7) is 9.97. The van der Waals surface area contributed by atoms with Crippen LogP contribution in [0, 0.1) is 0 Å². The fourth-order valence-electron chi connectivity index (χ4n) is 2.33. The number of hydrogen-bond donors (Lipinski definition) is 0. The molecular formula is C15H29NO3S. The van der Waals surface area contributed by atoms with E-state index in [1.54, 1.807) is 4.90 Å². The first-order valence-electron chi connectivity index (χ1n) is 7.43. The van der Waals surface area contributed by atoms with Crippen LogP contribution in [0.1, 0.15) is 47.0 Å². The van der Waals surface area contributed by atoms with Gasteiger partial charge in [0, 0.05) is 13.2 Å². The number of rotatable bonds is 6. The molecule has 1 amide bonds. The van der Waals surface area contributed by atoms with E-state index in [9.17, 15) is 4.79 Å². The summed E-state index contributed by atoms with van der Waals surface area (Å²) in [5, 5.41) is 0. The average Bonchev–Trinajstić information content (AvgIpc) is 2.78. The molecule has 20 heavy (non-hydrogen) atoms. The molecule has 0 saturated carbocycles. The van der Waals surface area contributed by atoms with E-state index in [0.29, 0.717) is 6.54 Å². The molecule has 4 nitrogen and oxygen atoms in total. The summed E-state index contributed by atoms with van der Waals surface area (Å²) in [5.74, 6) is 1.12. The van der Waals surface area contributed by atoms with E-state index in [-0.39, 0.29) is 11.7 Å². The number of nitrogens with zero attached hydrogens (tertiary/aromatic N) is 1. The molecule has 1 heterocycles. The van der Waals surface area contributed by atoms with Gasteiger partial charge in [0.05, 0.1) is 12.1 Å². The van der Waals surface area contributed by atoms with Crippen LogP contribution in [0.3, 0.4) is 0 Å². The van der Waals surface area contributed by atoms with Crippen LogP contribution < -0.4 is 0 Å². The van der Waals surface area contributed by atoms with Gasteiger partial charge >= 0.3 is 6.09 Å². The van der Waals surface area contributed by atoms with E-state index < -0.39 is 5.60 Å². The highest BCUT2D eigenvalue weighted by Gasteiger charge is 2.40. The number of likely N-dealkylation sites (tertiary alicyclic amines) is 1. The van der Waals surface area contributed by atoms with Gasteiger partial charge in [0.2, 0.25) is 0 Å². The zero-order chi connectivity index (χ0) is 15.2. The third kappa shape index (κ3) is 5.52. The molecule has 1 atom stereocenters. The lowest BCUT2D eigenvalue weighted by atomic mass is 10.00. The van der Waals surface area contributed by atoms with Crippen molar-refractivity contribution >= 4 is 17.9 Å². The summed E-state index contributed by atoms with van der Waals surface area (Å²) < 4.78 is 11.5. The van der Waals surface area contributed by atoms with Crippen LogP contribution in [0.5, 0.6) is 0 Å². The Morgan fingerprint density at radius 3 is 2.65 bits per heavy atom. The van der Waals surface area contributed by atoms with Crippen LogP contribution >= 0.6 is 11.8 Å². The molecule has 0 radical (unpaired) electrons. The zero-order valence-corrected chi connectivity index (χ0v) is 14.3. The summed E-state index contributed by atoms with van der Waals surface area (Å²) in [6.07, 6.45) is 4.79. The lowest BCUT2D eigenvalue weighted by Gasteiger charge is -2.29. The van der Waals surface area contributed by atoms with Crippen LogP contribution in [0.15, 0.2) is 0 Å². The van der Waals surface area contributed by atoms with E-state index >= 15 is 0 Å². The Kier molecular flexibility index (Phi) is 6.65. The first-order valence-corrected chi connectivity index (χ1v) is 8.82. The van der Waals surface area contributed by atoms with Gasteiger partial charge < -0.3 is 14.4 Å². The Hall–Kier alpha value is -0.420. The Morgan fingerprint density at radius 1 is 1.40 bits per heavy atom. The Bertz CT molecular complexity index is 317. The van der Waals surface area contributed by atoms with Gasteiger partial charge in [-0.2, -0.15) is 11.8 Å². The lowest BCUT2D eigenvalue weighted by molar-refractivity contribution is -0.0418. The van der Waals surface area contributed by atoms with Crippen molar-refractivity contribution in [3.8, 4) is 0 Å². The summed E-state index contributed by atoms with van der Waals surface area (Å²) in [4.78, 5) is 13.9. The second-order valence-corrected chi connectivity index (χ2v) is 7.37. The summed E-state index contributed by atoms with van der Waals surface area (Å²) in [7, 11) is 0. The molecule has 118 valence electrons. The molecule has 0 N–H and O–H groups in total. The SMILES string of the molecule is CCC1(OCCCSC)CCN(C(=O)OC(C)(C)C)C1. The largest absolute Gasteiger partial charge is 0.444 e. The molecule has 1 aliphatic rings. The molecule has 1 aliphatic heterocycles. The molecule has 0 aliphatic carbocycles. The highest BCUT2D eigenvalue weighted by atomic mass is 32.2. The number of thioether (sulfide) groups is 1. The quantitative estimate of drug-likeness (QED) is 0.704.